The lowest BCUT2D eigenvalue weighted by Gasteiger charge is -2.46. The number of rotatable bonds is 7. The number of fused-ring (bicyclic) bond motifs is 1. The summed E-state index contributed by atoms with van der Waals surface area (Å²) in [7, 11) is 0. The molecule has 8 nitrogen and oxygen atoms in total. The molecule has 0 radical (unpaired) electrons. The molecule has 0 bridgehead atoms. The van der Waals surface area contributed by atoms with E-state index in [9.17, 15) is 19.8 Å². The van der Waals surface area contributed by atoms with Crippen LogP contribution in [0.5, 0.6) is 0 Å². The summed E-state index contributed by atoms with van der Waals surface area (Å²) >= 11 is 1.55. The molecular formula is C22H30N4O4S. The first-order valence-electron chi connectivity index (χ1n) is 10.7. The number of carboxylic acid groups (broad SMARTS) is 1. The number of aliphatic hydroxyl groups is 1. The van der Waals surface area contributed by atoms with E-state index in [4.69, 9.17) is 11.5 Å². The Morgan fingerprint density at radius 1 is 1.32 bits per heavy atom. The summed E-state index contributed by atoms with van der Waals surface area (Å²) in [6, 6.07) is 6.08. The zero-order valence-electron chi connectivity index (χ0n) is 17.7. The molecule has 9 heteroatoms. The van der Waals surface area contributed by atoms with Crippen LogP contribution in [0.2, 0.25) is 0 Å². The van der Waals surface area contributed by atoms with Gasteiger partial charge in [0.2, 0.25) is 5.91 Å². The van der Waals surface area contributed by atoms with Crippen molar-refractivity contribution in [1.29, 1.82) is 0 Å². The van der Waals surface area contributed by atoms with E-state index >= 15 is 0 Å². The van der Waals surface area contributed by atoms with Crippen molar-refractivity contribution in [1.82, 2.24) is 10.2 Å². The van der Waals surface area contributed by atoms with Gasteiger partial charge in [-0.25, -0.2) is 4.79 Å². The third-order valence-corrected chi connectivity index (χ3v) is 8.28. The summed E-state index contributed by atoms with van der Waals surface area (Å²) in [6.45, 7) is 5.18. The number of aliphatic carboxylic acids is 1. The summed E-state index contributed by atoms with van der Waals surface area (Å²) in [5, 5.41) is 23.5. The van der Waals surface area contributed by atoms with Crippen molar-refractivity contribution in [2.24, 2.45) is 23.3 Å². The third-order valence-electron chi connectivity index (χ3n) is 6.77. The molecule has 2 fully saturated rings. The molecule has 168 valence electrons. The van der Waals surface area contributed by atoms with E-state index < -0.39 is 18.0 Å². The zero-order valence-corrected chi connectivity index (χ0v) is 18.6. The summed E-state index contributed by atoms with van der Waals surface area (Å²) in [5.74, 6) is -2.02. The third kappa shape index (κ3) is 3.68. The van der Waals surface area contributed by atoms with Gasteiger partial charge in [0.15, 0.2) is 0 Å². The van der Waals surface area contributed by atoms with Crippen molar-refractivity contribution >= 4 is 23.6 Å². The fourth-order valence-corrected chi connectivity index (χ4v) is 6.64. The highest BCUT2D eigenvalue weighted by atomic mass is 32.2. The molecule has 31 heavy (non-hydrogen) atoms. The molecule has 6 atom stereocenters. The second-order valence-electron chi connectivity index (χ2n) is 8.64. The van der Waals surface area contributed by atoms with Gasteiger partial charge in [0, 0.05) is 41.7 Å². The van der Waals surface area contributed by atoms with Crippen molar-refractivity contribution in [3.63, 3.8) is 0 Å². The van der Waals surface area contributed by atoms with E-state index in [1.54, 1.807) is 18.7 Å². The van der Waals surface area contributed by atoms with Crippen molar-refractivity contribution in [3.05, 3.63) is 45.5 Å². The number of amides is 1. The molecule has 2 saturated heterocycles. The fraction of sp³-hybridized carbons (Fsp3) is 0.545. The Kier molecular flexibility index (Phi) is 6.15. The molecule has 0 unspecified atom stereocenters. The van der Waals surface area contributed by atoms with E-state index in [1.165, 1.54) is 4.90 Å². The summed E-state index contributed by atoms with van der Waals surface area (Å²) < 4.78 is 0. The number of hydrogen-bond donors (Lipinski definition) is 5. The molecule has 7 N–H and O–H groups in total. The van der Waals surface area contributed by atoms with Crippen molar-refractivity contribution in [2.75, 3.05) is 6.54 Å². The minimum atomic E-state index is -1.08. The summed E-state index contributed by atoms with van der Waals surface area (Å²) in [5.41, 5.74) is 15.0. The number of nitrogens with zero attached hydrogens (tertiary/aromatic N) is 1. The topological polar surface area (TPSA) is 142 Å². The minimum absolute atomic E-state index is 0.0885. The number of carboxylic acids is 1. The van der Waals surface area contributed by atoms with Crippen LogP contribution in [0.25, 0.3) is 0 Å². The number of thioether (sulfide) groups is 1. The van der Waals surface area contributed by atoms with Crippen molar-refractivity contribution in [3.8, 4) is 0 Å². The van der Waals surface area contributed by atoms with Crippen LogP contribution in [0, 0.1) is 11.8 Å². The maximum absolute atomic E-state index is 12.5. The standard InChI is InChI=1S/C22H30N4O4S/c1-10-18-17(11(2)27)21(28)26(18)19(22(29)30)20(10)31-15-6-16(25-9-15)12-3-4-13(7-23)14(5-12)8-24/h3-5,10-11,15-18,25,27H,6-9,23-24H2,1-2H3,(H,29,30)/t10-,11-,15+,16+,17-,18-/m1/s1. The molecular weight excluding hydrogens is 416 g/mol. The molecule has 3 aliphatic heterocycles. The number of nitrogens with two attached hydrogens (primary N) is 2. The lowest BCUT2D eigenvalue weighted by molar-refractivity contribution is -0.163. The van der Waals surface area contributed by atoms with Gasteiger partial charge in [0.05, 0.1) is 18.1 Å². The van der Waals surface area contributed by atoms with Crippen LogP contribution in [0.3, 0.4) is 0 Å². The van der Waals surface area contributed by atoms with E-state index in [0.29, 0.717) is 13.1 Å². The Morgan fingerprint density at radius 2 is 2.03 bits per heavy atom. The van der Waals surface area contributed by atoms with Gasteiger partial charge in [-0.1, -0.05) is 25.1 Å². The lowest BCUT2D eigenvalue weighted by atomic mass is 9.79. The van der Waals surface area contributed by atoms with Crippen molar-refractivity contribution < 1.29 is 19.8 Å². The zero-order chi connectivity index (χ0) is 22.4. The highest BCUT2D eigenvalue weighted by molar-refractivity contribution is 8.03. The lowest BCUT2D eigenvalue weighted by Crippen LogP contribution is -2.63. The first-order valence-corrected chi connectivity index (χ1v) is 11.6. The van der Waals surface area contributed by atoms with E-state index in [0.717, 1.165) is 34.6 Å². The summed E-state index contributed by atoms with van der Waals surface area (Å²) in [6.07, 6.45) is 0.0550. The monoisotopic (exact) mass is 446 g/mol. The number of carbonyl (C=O) groups is 2. The Bertz CT molecular complexity index is 934. The molecule has 1 aromatic carbocycles. The van der Waals surface area contributed by atoms with Gasteiger partial charge in [-0.15, -0.1) is 11.8 Å². The van der Waals surface area contributed by atoms with Crippen LogP contribution in [0.1, 0.15) is 43.0 Å². The average Bonchev–Trinajstić information content (AvgIpc) is 3.29. The molecule has 0 spiro atoms. The number of benzene rings is 1. The maximum atomic E-state index is 12.5. The normalized spacial score (nSPS) is 31.1. The fourth-order valence-electron chi connectivity index (χ4n) is 5.16. The first kappa shape index (κ1) is 22.3. The van der Waals surface area contributed by atoms with Gasteiger partial charge in [-0.05, 0) is 30.0 Å². The number of β-lactam (4-membered cyclic amide) rings is 1. The largest absolute Gasteiger partial charge is 0.477 e. The molecule has 0 aromatic heterocycles. The Morgan fingerprint density at radius 3 is 2.65 bits per heavy atom. The first-order chi connectivity index (χ1) is 14.8. The predicted molar refractivity (Wildman–Crippen MR) is 119 cm³/mol. The van der Waals surface area contributed by atoms with Gasteiger partial charge < -0.3 is 31.9 Å². The number of hydrogen-bond acceptors (Lipinski definition) is 7. The predicted octanol–water partition coefficient (Wildman–Crippen LogP) is 0.894. The summed E-state index contributed by atoms with van der Waals surface area (Å²) in [4.78, 5) is 26.6. The molecule has 4 rings (SSSR count). The number of carbonyl (C=O) groups excluding carboxylic acids is 1. The van der Waals surface area contributed by atoms with Gasteiger partial charge in [0.1, 0.15) is 5.70 Å². The molecule has 3 heterocycles. The SMILES string of the molecule is C[C@@H](O)[C@H]1C(=O)N2C(C(=O)O)=C(S[C@@H]3CN[C@H](c4ccc(CN)c(CN)c4)C3)[C@H](C)[C@H]12. The van der Waals surface area contributed by atoms with Crippen LogP contribution in [0.15, 0.2) is 28.8 Å². The smallest absolute Gasteiger partial charge is 0.353 e. The second-order valence-corrected chi connectivity index (χ2v) is 9.99. The Labute approximate surface area is 186 Å². The maximum Gasteiger partial charge on any atom is 0.353 e. The number of aliphatic hydroxyl groups excluding tert-OH is 1. The van der Waals surface area contributed by atoms with E-state index in [1.807, 2.05) is 13.0 Å². The van der Waals surface area contributed by atoms with Crippen LogP contribution in [-0.2, 0) is 22.7 Å². The molecule has 3 aliphatic rings. The highest BCUT2D eigenvalue weighted by Gasteiger charge is 2.60. The Balaban J connectivity index is 1.51. The van der Waals surface area contributed by atoms with E-state index in [-0.39, 0.29) is 34.9 Å². The highest BCUT2D eigenvalue weighted by Crippen LogP contribution is 2.52. The molecule has 0 aliphatic carbocycles. The van der Waals surface area contributed by atoms with Gasteiger partial charge in [-0.2, -0.15) is 0 Å². The van der Waals surface area contributed by atoms with Crippen LogP contribution in [0.4, 0.5) is 0 Å². The average molecular weight is 447 g/mol. The Hall–Kier alpha value is -1.91. The van der Waals surface area contributed by atoms with Gasteiger partial charge >= 0.3 is 5.97 Å². The van der Waals surface area contributed by atoms with Crippen LogP contribution >= 0.6 is 11.8 Å². The quantitative estimate of drug-likeness (QED) is 0.389. The minimum Gasteiger partial charge on any atom is -0.477 e. The second kappa shape index (κ2) is 8.55. The van der Waals surface area contributed by atoms with E-state index in [2.05, 4.69) is 17.4 Å². The number of nitrogens with one attached hydrogen (secondary N) is 1. The van der Waals surface area contributed by atoms with Crippen LogP contribution < -0.4 is 16.8 Å². The van der Waals surface area contributed by atoms with Crippen molar-refractivity contribution in [2.45, 2.75) is 56.8 Å². The molecule has 1 amide bonds. The van der Waals surface area contributed by atoms with Gasteiger partial charge in [-0.3, -0.25) is 4.79 Å². The van der Waals surface area contributed by atoms with Gasteiger partial charge in [0.25, 0.3) is 0 Å². The van der Waals surface area contributed by atoms with Crippen LogP contribution in [-0.4, -0.2) is 50.9 Å². The molecule has 1 aromatic rings. The molecule has 0 saturated carbocycles.